The number of nitrogens with zero attached hydrogens (tertiary/aromatic N) is 3. The summed E-state index contributed by atoms with van der Waals surface area (Å²) in [5, 5.41) is 16.2. The van der Waals surface area contributed by atoms with Crippen LogP contribution < -0.4 is 14.8 Å². The second-order valence-corrected chi connectivity index (χ2v) is 7.81. The van der Waals surface area contributed by atoms with Gasteiger partial charge in [0.1, 0.15) is 19.0 Å². The van der Waals surface area contributed by atoms with Crippen LogP contribution in [0.5, 0.6) is 11.6 Å². The Bertz CT molecular complexity index is 1010. The van der Waals surface area contributed by atoms with Crippen LogP contribution in [0.15, 0.2) is 24.3 Å². The van der Waals surface area contributed by atoms with Gasteiger partial charge in [-0.2, -0.15) is 23.5 Å². The van der Waals surface area contributed by atoms with Gasteiger partial charge in [0.15, 0.2) is 5.69 Å². The van der Waals surface area contributed by atoms with E-state index in [0.717, 1.165) is 5.56 Å². The van der Waals surface area contributed by atoms with Gasteiger partial charge in [-0.15, -0.1) is 0 Å². The van der Waals surface area contributed by atoms with E-state index in [1.165, 1.54) is 10.7 Å². The normalized spacial score (nSPS) is 20.1. The lowest BCUT2D eigenvalue weighted by Gasteiger charge is -2.25. The Hall–Kier alpha value is -3.26. The summed E-state index contributed by atoms with van der Waals surface area (Å²) in [7, 11) is 0. The number of benzene rings is 1. The molecule has 1 aromatic heterocycles. The second kappa shape index (κ2) is 9.08. The Morgan fingerprint density at radius 2 is 2.16 bits per heavy atom. The van der Waals surface area contributed by atoms with E-state index in [2.05, 4.69) is 16.5 Å². The molecule has 4 rings (SSSR count). The van der Waals surface area contributed by atoms with E-state index < -0.39 is 12.8 Å². The zero-order valence-electron chi connectivity index (χ0n) is 17.0. The summed E-state index contributed by atoms with van der Waals surface area (Å²) in [5.74, 6) is 0.504. The predicted molar refractivity (Wildman–Crippen MR) is 104 cm³/mol. The van der Waals surface area contributed by atoms with Crippen LogP contribution in [-0.2, 0) is 17.7 Å². The molecule has 3 heterocycles. The van der Waals surface area contributed by atoms with Gasteiger partial charge in [0.25, 0.3) is 5.91 Å². The molecule has 2 aromatic rings. The van der Waals surface area contributed by atoms with E-state index in [1.54, 1.807) is 18.2 Å². The molecule has 11 heteroatoms. The van der Waals surface area contributed by atoms with E-state index in [0.29, 0.717) is 43.2 Å². The number of ether oxygens (including phenoxy) is 3. The molecular formula is C21H21F3N4O4. The summed E-state index contributed by atoms with van der Waals surface area (Å²) >= 11 is 0. The molecule has 2 aliphatic heterocycles. The zero-order valence-corrected chi connectivity index (χ0v) is 17.0. The molecule has 0 fully saturated rings. The highest BCUT2D eigenvalue weighted by Gasteiger charge is 2.29. The van der Waals surface area contributed by atoms with Crippen molar-refractivity contribution in [3.8, 4) is 17.7 Å². The highest BCUT2D eigenvalue weighted by Crippen LogP contribution is 2.26. The van der Waals surface area contributed by atoms with Gasteiger partial charge >= 0.3 is 6.18 Å². The molecule has 0 bridgehead atoms. The first kappa shape index (κ1) is 22.0. The summed E-state index contributed by atoms with van der Waals surface area (Å²) in [4.78, 5) is 12.7. The van der Waals surface area contributed by atoms with E-state index in [4.69, 9.17) is 19.5 Å². The van der Waals surface area contributed by atoms with Crippen LogP contribution in [0.25, 0.3) is 0 Å². The maximum absolute atomic E-state index is 12.7. The van der Waals surface area contributed by atoms with Gasteiger partial charge in [0.05, 0.1) is 30.9 Å². The number of carbonyl (C=O) groups is 1. The average molecular weight is 450 g/mol. The van der Waals surface area contributed by atoms with Crippen molar-refractivity contribution in [1.29, 1.82) is 5.26 Å². The van der Waals surface area contributed by atoms with Gasteiger partial charge in [-0.05, 0) is 36.6 Å². The summed E-state index contributed by atoms with van der Waals surface area (Å²) in [5.41, 5.74) is 1.56. The number of hydrogen-bond acceptors (Lipinski definition) is 6. The number of nitrogens with one attached hydrogen (secondary N) is 1. The Balaban J connectivity index is 1.31. The number of carbonyl (C=O) groups excluding carboxylic acids is 1. The van der Waals surface area contributed by atoms with Crippen molar-refractivity contribution in [3.05, 3.63) is 41.1 Å². The van der Waals surface area contributed by atoms with Gasteiger partial charge in [-0.25, -0.2) is 4.68 Å². The molecule has 32 heavy (non-hydrogen) atoms. The summed E-state index contributed by atoms with van der Waals surface area (Å²) < 4.78 is 54.2. The number of nitriles is 1. The van der Waals surface area contributed by atoms with E-state index in [9.17, 15) is 18.0 Å². The van der Waals surface area contributed by atoms with Gasteiger partial charge in [-0.3, -0.25) is 4.79 Å². The monoisotopic (exact) mass is 450 g/mol. The van der Waals surface area contributed by atoms with Crippen LogP contribution in [-0.4, -0.2) is 54.3 Å². The molecule has 0 saturated heterocycles. The van der Waals surface area contributed by atoms with Crippen LogP contribution in [0.4, 0.5) is 13.2 Å². The van der Waals surface area contributed by atoms with Gasteiger partial charge < -0.3 is 19.5 Å². The number of fused-ring (bicyclic) bond motifs is 2. The zero-order chi connectivity index (χ0) is 22.7. The molecule has 1 amide bonds. The molecule has 1 unspecified atom stereocenters. The van der Waals surface area contributed by atoms with Crippen LogP contribution in [0.1, 0.15) is 28.0 Å². The first-order chi connectivity index (χ1) is 15.3. The summed E-state index contributed by atoms with van der Waals surface area (Å²) in [6.45, 7) is -0.465. The molecule has 1 aromatic carbocycles. The van der Waals surface area contributed by atoms with Crippen LogP contribution in [0.3, 0.4) is 0 Å². The molecular weight excluding hydrogens is 429 g/mol. The third kappa shape index (κ3) is 5.31. The summed E-state index contributed by atoms with van der Waals surface area (Å²) in [6, 6.07) is 8.50. The largest absolute Gasteiger partial charge is 0.491 e. The molecule has 8 nitrogen and oxygen atoms in total. The molecule has 0 spiro atoms. The molecule has 2 aliphatic rings. The van der Waals surface area contributed by atoms with Crippen LogP contribution in [0, 0.1) is 17.2 Å². The second-order valence-electron chi connectivity index (χ2n) is 7.81. The predicted octanol–water partition coefficient (Wildman–Crippen LogP) is 2.47. The van der Waals surface area contributed by atoms with E-state index >= 15 is 0 Å². The number of aromatic nitrogens is 2. The van der Waals surface area contributed by atoms with Crippen molar-refractivity contribution in [3.63, 3.8) is 0 Å². The maximum atomic E-state index is 12.7. The number of amides is 1. The Kier molecular flexibility index (Phi) is 6.23. The minimum Gasteiger partial charge on any atom is -0.491 e. The van der Waals surface area contributed by atoms with Crippen molar-refractivity contribution in [2.24, 2.45) is 5.92 Å². The standard InChI is InChI=1S/C21H21F3N4O4/c22-21(23,24)12-30-9-14-3-4-28-19(32-10-14)7-17(27-28)20(29)26-16-6-15-5-13(8-25)1-2-18(15)31-11-16/h1-2,5,7,14,16H,3-4,6,9-12H2,(H,26,29)/t14?,16-/m1/s1. The number of hydrogen-bond donors (Lipinski definition) is 1. The van der Waals surface area contributed by atoms with E-state index in [-0.39, 0.29) is 36.8 Å². The fourth-order valence-electron chi connectivity index (χ4n) is 3.67. The lowest BCUT2D eigenvalue weighted by atomic mass is 10.0. The minimum absolute atomic E-state index is 0.0612. The molecule has 0 saturated carbocycles. The highest BCUT2D eigenvalue weighted by atomic mass is 19.4. The molecule has 0 radical (unpaired) electrons. The number of aryl methyl sites for hydroxylation is 1. The fraction of sp³-hybridized carbons (Fsp3) is 0.476. The first-order valence-electron chi connectivity index (χ1n) is 10.1. The van der Waals surface area contributed by atoms with Crippen LogP contribution in [0.2, 0.25) is 0 Å². The third-order valence-corrected chi connectivity index (χ3v) is 5.24. The number of rotatable bonds is 5. The Morgan fingerprint density at radius 3 is 2.94 bits per heavy atom. The van der Waals surface area contributed by atoms with Gasteiger partial charge in [0, 0.05) is 18.5 Å². The highest BCUT2D eigenvalue weighted by molar-refractivity contribution is 5.92. The van der Waals surface area contributed by atoms with E-state index in [1.807, 2.05) is 0 Å². The fourth-order valence-corrected chi connectivity index (χ4v) is 3.67. The average Bonchev–Trinajstić information content (AvgIpc) is 3.08. The third-order valence-electron chi connectivity index (χ3n) is 5.24. The van der Waals surface area contributed by atoms with Crippen molar-refractivity contribution >= 4 is 5.91 Å². The lowest BCUT2D eigenvalue weighted by molar-refractivity contribution is -0.177. The van der Waals surface area contributed by atoms with Crippen molar-refractivity contribution < 1.29 is 32.2 Å². The smallest absolute Gasteiger partial charge is 0.411 e. The maximum Gasteiger partial charge on any atom is 0.411 e. The van der Waals surface area contributed by atoms with Crippen molar-refractivity contribution in [2.45, 2.75) is 31.6 Å². The molecule has 170 valence electrons. The van der Waals surface area contributed by atoms with Gasteiger partial charge in [-0.1, -0.05) is 0 Å². The van der Waals surface area contributed by atoms with Crippen molar-refractivity contribution in [1.82, 2.24) is 15.1 Å². The number of halogens is 3. The topological polar surface area (TPSA) is 98.4 Å². The molecule has 2 atom stereocenters. The van der Waals surface area contributed by atoms with Crippen LogP contribution >= 0.6 is 0 Å². The van der Waals surface area contributed by atoms with Crippen molar-refractivity contribution in [2.75, 3.05) is 26.4 Å². The Morgan fingerprint density at radius 1 is 1.31 bits per heavy atom. The SMILES string of the molecule is N#Cc1ccc2c(c1)C[C@@H](NC(=O)c1cc3n(n1)CCC(COCC(F)(F)F)CO3)CO2. The first-order valence-corrected chi connectivity index (χ1v) is 10.1. The van der Waals surface area contributed by atoms with Gasteiger partial charge in [0.2, 0.25) is 5.88 Å². The number of alkyl halides is 3. The minimum atomic E-state index is -4.36. The molecule has 1 N–H and O–H groups in total. The lowest BCUT2D eigenvalue weighted by Crippen LogP contribution is -2.42. The quantitative estimate of drug-likeness (QED) is 0.752. The summed E-state index contributed by atoms with van der Waals surface area (Å²) in [6.07, 6.45) is -3.31. The Labute approximate surface area is 181 Å². The molecule has 0 aliphatic carbocycles.